The molecule has 4 aliphatic rings. The van der Waals surface area contributed by atoms with Crippen molar-refractivity contribution in [3.05, 3.63) is 34.8 Å². The Morgan fingerprint density at radius 2 is 1.89 bits per heavy atom. The molecule has 1 aromatic heterocycles. The lowest BCUT2D eigenvalue weighted by atomic mass is 9.50. The second-order valence-corrected chi connectivity index (χ2v) is 9.99. The van der Waals surface area contributed by atoms with Crippen LogP contribution in [0.2, 0.25) is 0 Å². The van der Waals surface area contributed by atoms with E-state index in [1.165, 1.54) is 38.5 Å². The van der Waals surface area contributed by atoms with Crippen LogP contribution >= 0.6 is 11.3 Å². The number of ether oxygens (including phenoxy) is 1. The van der Waals surface area contributed by atoms with Gasteiger partial charge in [-0.2, -0.15) is 0 Å². The molecule has 28 heavy (non-hydrogen) atoms. The lowest BCUT2D eigenvalue weighted by Crippen LogP contribution is -2.48. The number of hydrogen-bond acceptors (Lipinski definition) is 5. The summed E-state index contributed by atoms with van der Waals surface area (Å²) >= 11 is 1.60. The molecule has 5 nitrogen and oxygen atoms in total. The summed E-state index contributed by atoms with van der Waals surface area (Å²) in [5, 5.41) is 13.6. The van der Waals surface area contributed by atoms with Crippen molar-refractivity contribution < 1.29 is 9.53 Å². The molecule has 4 aliphatic carbocycles. The minimum Gasteiger partial charge on any atom is -0.497 e. The summed E-state index contributed by atoms with van der Waals surface area (Å²) in [7, 11) is 1.66. The monoisotopic (exact) mass is 397 g/mol. The molecule has 1 heterocycles. The van der Waals surface area contributed by atoms with Gasteiger partial charge >= 0.3 is 0 Å². The molecule has 1 N–H and O–H groups in total. The molecule has 148 valence electrons. The van der Waals surface area contributed by atoms with E-state index in [9.17, 15) is 4.79 Å². The number of nitrogens with zero attached hydrogens (tertiary/aromatic N) is 2. The molecule has 4 saturated carbocycles. The van der Waals surface area contributed by atoms with E-state index in [-0.39, 0.29) is 11.3 Å². The normalized spacial score (nSPS) is 30.4. The molecule has 4 fully saturated rings. The van der Waals surface area contributed by atoms with Gasteiger partial charge in [0, 0.05) is 11.8 Å². The van der Waals surface area contributed by atoms with Crippen molar-refractivity contribution in [2.45, 2.75) is 56.8 Å². The number of benzene rings is 1. The first kappa shape index (κ1) is 18.1. The van der Waals surface area contributed by atoms with Crippen molar-refractivity contribution in [1.82, 2.24) is 10.2 Å². The van der Waals surface area contributed by atoms with Crippen LogP contribution in [0.4, 0.5) is 5.13 Å². The molecule has 4 bridgehead atoms. The number of methoxy groups -OCH3 is 1. The number of rotatable bonds is 6. The maximum Gasteiger partial charge on any atom is 0.226 e. The molecular weight excluding hydrogens is 370 g/mol. The van der Waals surface area contributed by atoms with Crippen LogP contribution in [0.15, 0.2) is 24.3 Å². The number of nitrogens with one attached hydrogen (secondary N) is 1. The van der Waals surface area contributed by atoms with E-state index in [1.54, 1.807) is 18.4 Å². The number of aromatic nitrogens is 2. The van der Waals surface area contributed by atoms with Gasteiger partial charge in [-0.15, -0.1) is 10.2 Å². The maximum absolute atomic E-state index is 12.4. The zero-order valence-corrected chi connectivity index (χ0v) is 17.1. The van der Waals surface area contributed by atoms with Gasteiger partial charge in [0.2, 0.25) is 11.0 Å². The van der Waals surface area contributed by atoms with Crippen molar-refractivity contribution in [3.63, 3.8) is 0 Å². The number of hydrogen-bond donors (Lipinski definition) is 1. The summed E-state index contributed by atoms with van der Waals surface area (Å²) < 4.78 is 5.24. The van der Waals surface area contributed by atoms with Gasteiger partial charge in [0.25, 0.3) is 0 Å². The largest absolute Gasteiger partial charge is 0.497 e. The lowest BCUT2D eigenvalue weighted by molar-refractivity contribution is -0.116. The number of amides is 1. The Labute approximate surface area is 169 Å². The van der Waals surface area contributed by atoms with Crippen molar-refractivity contribution in [2.24, 2.45) is 17.8 Å². The van der Waals surface area contributed by atoms with Crippen molar-refractivity contribution in [3.8, 4) is 5.75 Å². The third kappa shape index (κ3) is 3.43. The van der Waals surface area contributed by atoms with E-state index in [4.69, 9.17) is 4.74 Å². The van der Waals surface area contributed by atoms with E-state index in [2.05, 4.69) is 15.5 Å². The van der Waals surface area contributed by atoms with Crippen LogP contribution in [0.1, 0.15) is 55.5 Å². The summed E-state index contributed by atoms with van der Waals surface area (Å²) in [4.78, 5) is 12.4. The van der Waals surface area contributed by atoms with E-state index in [0.717, 1.165) is 34.1 Å². The third-order valence-electron chi connectivity index (χ3n) is 6.94. The lowest BCUT2D eigenvalue weighted by Gasteiger charge is -2.55. The second kappa shape index (κ2) is 7.14. The number of aryl methyl sites for hydroxylation is 1. The zero-order chi connectivity index (χ0) is 19.1. The van der Waals surface area contributed by atoms with Crippen LogP contribution in [0.3, 0.4) is 0 Å². The Morgan fingerprint density at radius 3 is 2.57 bits per heavy atom. The Morgan fingerprint density at radius 1 is 1.18 bits per heavy atom. The molecular formula is C22H27N3O2S. The van der Waals surface area contributed by atoms with E-state index >= 15 is 0 Å². The van der Waals surface area contributed by atoms with Gasteiger partial charge < -0.3 is 10.1 Å². The minimum atomic E-state index is -0.00367. The average Bonchev–Trinajstić information content (AvgIpc) is 3.15. The van der Waals surface area contributed by atoms with Gasteiger partial charge in [0.1, 0.15) is 10.8 Å². The quantitative estimate of drug-likeness (QED) is 0.774. The van der Waals surface area contributed by atoms with Crippen LogP contribution in [0.25, 0.3) is 0 Å². The van der Waals surface area contributed by atoms with Crippen molar-refractivity contribution in [2.75, 3.05) is 12.4 Å². The molecule has 6 heteroatoms. The third-order valence-corrected chi connectivity index (χ3v) is 8.02. The van der Waals surface area contributed by atoms with Gasteiger partial charge in [0.15, 0.2) is 0 Å². The average molecular weight is 398 g/mol. The van der Waals surface area contributed by atoms with Gasteiger partial charge in [0.05, 0.1) is 7.11 Å². The summed E-state index contributed by atoms with van der Waals surface area (Å²) in [6.45, 7) is 0. The first-order valence-electron chi connectivity index (χ1n) is 10.4. The summed E-state index contributed by atoms with van der Waals surface area (Å²) in [5.41, 5.74) is 1.34. The molecule has 0 saturated heterocycles. The van der Waals surface area contributed by atoms with Crippen LogP contribution in [0.5, 0.6) is 5.75 Å². The maximum atomic E-state index is 12.4. The molecule has 2 aromatic rings. The fourth-order valence-electron chi connectivity index (χ4n) is 6.13. The summed E-state index contributed by atoms with van der Waals surface area (Å²) in [6, 6.07) is 7.86. The first-order valence-corrected chi connectivity index (χ1v) is 11.2. The van der Waals surface area contributed by atoms with Crippen LogP contribution < -0.4 is 10.1 Å². The smallest absolute Gasteiger partial charge is 0.226 e. The highest BCUT2D eigenvalue weighted by Gasteiger charge is 2.53. The Balaban J connectivity index is 1.21. The molecule has 0 spiro atoms. The molecule has 0 atom stereocenters. The number of carbonyl (C=O) groups is 1. The van der Waals surface area contributed by atoms with Crippen molar-refractivity contribution >= 4 is 22.4 Å². The topological polar surface area (TPSA) is 64.1 Å². The highest BCUT2D eigenvalue weighted by atomic mass is 32.1. The fourth-order valence-corrected chi connectivity index (χ4v) is 7.11. The van der Waals surface area contributed by atoms with Crippen molar-refractivity contribution in [1.29, 1.82) is 0 Å². The Hall–Kier alpha value is -1.95. The van der Waals surface area contributed by atoms with Gasteiger partial charge in [-0.3, -0.25) is 4.79 Å². The summed E-state index contributed by atoms with van der Waals surface area (Å²) in [5.74, 6) is 3.47. The predicted octanol–water partition coefficient (Wildman–Crippen LogP) is 4.59. The van der Waals surface area contributed by atoms with Crippen LogP contribution in [-0.2, 0) is 16.6 Å². The van der Waals surface area contributed by atoms with E-state index < -0.39 is 0 Å². The second-order valence-electron chi connectivity index (χ2n) is 9.01. The molecule has 0 aliphatic heterocycles. The van der Waals surface area contributed by atoms with Gasteiger partial charge in [-0.05, 0) is 80.4 Å². The SMILES string of the molecule is COc1cccc(CCC(=O)Nc2nnc(C34CC5CC(CC(C5)C3)C4)s2)c1. The van der Waals surface area contributed by atoms with E-state index in [1.807, 2.05) is 24.3 Å². The minimum absolute atomic E-state index is 0.00367. The first-order chi connectivity index (χ1) is 13.6. The Kier molecular flexibility index (Phi) is 4.62. The standard InChI is InChI=1S/C22H27N3O2S/c1-27-18-4-2-3-14(10-18)5-6-19(26)23-21-25-24-20(28-21)22-11-15-7-16(12-22)9-17(8-15)13-22/h2-4,10,15-17H,5-9,11-13H2,1H3,(H,23,25,26). The molecule has 0 unspecified atom stereocenters. The number of carbonyl (C=O) groups excluding carboxylic acids is 1. The highest BCUT2D eigenvalue weighted by Crippen LogP contribution is 2.61. The fraction of sp³-hybridized carbons (Fsp3) is 0.591. The zero-order valence-electron chi connectivity index (χ0n) is 16.3. The Bertz CT molecular complexity index is 843. The molecule has 1 aromatic carbocycles. The molecule has 6 rings (SSSR count). The van der Waals surface area contributed by atoms with Gasteiger partial charge in [-0.1, -0.05) is 23.5 Å². The van der Waals surface area contributed by atoms with Gasteiger partial charge in [-0.25, -0.2) is 0 Å². The van der Waals surface area contributed by atoms with Crippen LogP contribution in [0, 0.1) is 17.8 Å². The predicted molar refractivity (Wildman–Crippen MR) is 110 cm³/mol. The van der Waals surface area contributed by atoms with E-state index in [0.29, 0.717) is 18.0 Å². The van der Waals surface area contributed by atoms with Crippen LogP contribution in [-0.4, -0.2) is 23.2 Å². The highest BCUT2D eigenvalue weighted by molar-refractivity contribution is 7.15. The molecule has 0 radical (unpaired) electrons. The number of anilines is 1. The molecule has 1 amide bonds. The summed E-state index contributed by atoms with van der Waals surface area (Å²) in [6.07, 6.45) is 9.21.